The van der Waals surface area contributed by atoms with Gasteiger partial charge >= 0.3 is 5.97 Å². The smallest absolute Gasteiger partial charge is 0.321 e. The molecule has 24 heavy (non-hydrogen) atoms. The van der Waals surface area contributed by atoms with Gasteiger partial charge in [0.2, 0.25) is 0 Å². The molecule has 0 aliphatic carbocycles. The molecule has 134 valence electrons. The molecular formula is C20H31NO3. The number of hydrogen-bond donors (Lipinski definition) is 2. The van der Waals surface area contributed by atoms with Gasteiger partial charge in [-0.3, -0.25) is 9.69 Å². The molecule has 0 aromatic heterocycles. The minimum atomic E-state index is -0.775. The van der Waals surface area contributed by atoms with Crippen LogP contribution in [0.15, 0.2) is 12.1 Å². The van der Waals surface area contributed by atoms with Gasteiger partial charge in [-0.05, 0) is 47.5 Å². The Morgan fingerprint density at radius 1 is 1.08 bits per heavy atom. The van der Waals surface area contributed by atoms with Crippen molar-refractivity contribution < 1.29 is 15.0 Å². The van der Waals surface area contributed by atoms with Crippen molar-refractivity contribution in [1.82, 2.24) is 4.90 Å². The van der Waals surface area contributed by atoms with Crippen molar-refractivity contribution in [2.24, 2.45) is 0 Å². The Bertz CT molecular complexity index is 602. The van der Waals surface area contributed by atoms with Gasteiger partial charge in [0.05, 0.1) is 0 Å². The third-order valence-corrected chi connectivity index (χ3v) is 5.08. The van der Waals surface area contributed by atoms with Crippen molar-refractivity contribution in [3.8, 4) is 5.75 Å². The van der Waals surface area contributed by atoms with Gasteiger partial charge in [0.25, 0.3) is 0 Å². The second kappa shape index (κ2) is 6.07. The molecule has 1 unspecified atom stereocenters. The standard InChI is InChI=1S/C20H31NO3/c1-19(2,3)14-10-12(11-15(17(14)22)20(4,5)6)13-8-9-21(7)16(13)18(23)24/h10-11,13,16,22H,8-9H2,1-7H3,(H,23,24)/t13?,16-/m0/s1. The molecule has 1 saturated heterocycles. The Labute approximate surface area is 145 Å². The summed E-state index contributed by atoms with van der Waals surface area (Å²) in [4.78, 5) is 13.6. The minimum absolute atomic E-state index is 0.0460. The Morgan fingerprint density at radius 2 is 1.54 bits per heavy atom. The maximum absolute atomic E-state index is 11.7. The number of rotatable bonds is 2. The van der Waals surface area contributed by atoms with E-state index in [0.717, 1.165) is 29.7 Å². The quantitative estimate of drug-likeness (QED) is 0.863. The van der Waals surface area contributed by atoms with Crippen molar-refractivity contribution in [3.63, 3.8) is 0 Å². The summed E-state index contributed by atoms with van der Waals surface area (Å²) in [5.74, 6) is -0.477. The number of benzene rings is 1. The Morgan fingerprint density at radius 3 is 1.92 bits per heavy atom. The summed E-state index contributed by atoms with van der Waals surface area (Å²) in [5.41, 5.74) is 2.40. The van der Waals surface area contributed by atoms with Gasteiger partial charge in [-0.25, -0.2) is 0 Å². The molecule has 1 heterocycles. The fourth-order valence-corrected chi connectivity index (χ4v) is 3.67. The highest BCUT2D eigenvalue weighted by Gasteiger charge is 2.39. The maximum Gasteiger partial charge on any atom is 0.321 e. The van der Waals surface area contributed by atoms with E-state index >= 15 is 0 Å². The molecule has 2 rings (SSSR count). The van der Waals surface area contributed by atoms with Crippen LogP contribution in [0.4, 0.5) is 0 Å². The summed E-state index contributed by atoms with van der Waals surface area (Å²) in [6.07, 6.45) is 0.825. The number of nitrogens with zero attached hydrogens (tertiary/aromatic N) is 1. The lowest BCUT2D eigenvalue weighted by Crippen LogP contribution is -2.36. The van der Waals surface area contributed by atoms with Gasteiger partial charge < -0.3 is 10.2 Å². The number of likely N-dealkylation sites (N-methyl/N-ethyl adjacent to an activating group) is 1. The zero-order chi connectivity index (χ0) is 18.4. The van der Waals surface area contributed by atoms with E-state index < -0.39 is 12.0 Å². The van der Waals surface area contributed by atoms with E-state index in [2.05, 4.69) is 41.5 Å². The largest absolute Gasteiger partial charge is 0.507 e. The van der Waals surface area contributed by atoms with Gasteiger partial charge in [-0.2, -0.15) is 0 Å². The normalized spacial score (nSPS) is 22.8. The van der Waals surface area contributed by atoms with Gasteiger partial charge in [0, 0.05) is 5.92 Å². The molecule has 0 radical (unpaired) electrons. The lowest BCUT2D eigenvalue weighted by Gasteiger charge is -2.30. The monoisotopic (exact) mass is 333 g/mol. The summed E-state index contributed by atoms with van der Waals surface area (Å²) >= 11 is 0. The SMILES string of the molecule is CN1CCC(c2cc(C(C)(C)C)c(O)c(C(C)(C)C)c2)[C@H]1C(=O)O. The van der Waals surface area contributed by atoms with Gasteiger partial charge in [-0.15, -0.1) is 0 Å². The lowest BCUT2D eigenvalue weighted by molar-refractivity contribution is -0.142. The first kappa shape index (κ1) is 18.8. The van der Waals surface area contributed by atoms with E-state index in [-0.39, 0.29) is 16.7 Å². The molecule has 4 nitrogen and oxygen atoms in total. The van der Waals surface area contributed by atoms with E-state index in [9.17, 15) is 15.0 Å². The Hall–Kier alpha value is -1.55. The number of aliphatic carboxylic acids is 1. The van der Waals surface area contributed by atoms with Crippen molar-refractivity contribution in [2.45, 2.75) is 70.8 Å². The number of aromatic hydroxyl groups is 1. The van der Waals surface area contributed by atoms with Crippen LogP contribution in [-0.2, 0) is 15.6 Å². The predicted octanol–water partition coefficient (Wildman–Crippen LogP) is 3.86. The summed E-state index contributed by atoms with van der Waals surface area (Å²) < 4.78 is 0. The number of likely N-dealkylation sites (tertiary alicyclic amines) is 1. The molecule has 2 N–H and O–H groups in total. The van der Waals surface area contributed by atoms with Crippen LogP contribution in [0.5, 0.6) is 5.75 Å². The molecule has 0 bridgehead atoms. The van der Waals surface area contributed by atoms with Crippen LogP contribution >= 0.6 is 0 Å². The molecular weight excluding hydrogens is 302 g/mol. The van der Waals surface area contributed by atoms with Crippen molar-refractivity contribution >= 4 is 5.97 Å². The van der Waals surface area contributed by atoms with Crippen LogP contribution < -0.4 is 0 Å². The summed E-state index contributed by atoms with van der Waals surface area (Å²) in [7, 11) is 1.87. The fraction of sp³-hybridized carbons (Fsp3) is 0.650. The molecule has 0 amide bonds. The number of carboxylic acids is 1. The number of hydrogen-bond acceptors (Lipinski definition) is 3. The highest BCUT2D eigenvalue weighted by atomic mass is 16.4. The summed E-state index contributed by atoms with van der Waals surface area (Å²) in [6, 6.07) is 3.53. The first-order chi connectivity index (χ1) is 10.8. The van der Waals surface area contributed by atoms with E-state index in [0.29, 0.717) is 5.75 Å². The van der Waals surface area contributed by atoms with E-state index in [1.165, 1.54) is 0 Å². The van der Waals surface area contributed by atoms with Crippen LogP contribution in [0.25, 0.3) is 0 Å². The van der Waals surface area contributed by atoms with Gasteiger partial charge in [0.1, 0.15) is 11.8 Å². The number of carboxylic acid groups (broad SMARTS) is 1. The molecule has 2 atom stereocenters. The topological polar surface area (TPSA) is 60.8 Å². The summed E-state index contributed by atoms with van der Waals surface area (Å²) in [5, 5.41) is 20.5. The first-order valence-electron chi connectivity index (χ1n) is 8.65. The summed E-state index contributed by atoms with van der Waals surface area (Å²) in [6.45, 7) is 13.2. The number of carbonyl (C=O) groups is 1. The molecule has 0 spiro atoms. The molecule has 1 aromatic rings. The number of phenols is 1. The van der Waals surface area contributed by atoms with Gasteiger partial charge in [-0.1, -0.05) is 53.7 Å². The molecule has 0 saturated carbocycles. The van der Waals surface area contributed by atoms with Gasteiger partial charge in [0.15, 0.2) is 0 Å². The van der Waals surface area contributed by atoms with E-state index in [1.54, 1.807) is 0 Å². The first-order valence-corrected chi connectivity index (χ1v) is 8.65. The average molecular weight is 333 g/mol. The molecule has 1 fully saturated rings. The third-order valence-electron chi connectivity index (χ3n) is 5.08. The molecule has 1 aromatic carbocycles. The highest BCUT2D eigenvalue weighted by molar-refractivity contribution is 5.75. The highest BCUT2D eigenvalue weighted by Crippen LogP contribution is 2.43. The second-order valence-corrected chi connectivity index (χ2v) is 9.12. The maximum atomic E-state index is 11.7. The Balaban J connectivity index is 2.65. The second-order valence-electron chi connectivity index (χ2n) is 9.12. The predicted molar refractivity (Wildman–Crippen MR) is 96.9 cm³/mol. The molecule has 4 heteroatoms. The molecule has 1 aliphatic heterocycles. The number of phenolic OH excluding ortho intramolecular Hbond substituents is 1. The van der Waals surface area contributed by atoms with Crippen LogP contribution in [0.3, 0.4) is 0 Å². The van der Waals surface area contributed by atoms with Crippen molar-refractivity contribution in [1.29, 1.82) is 0 Å². The minimum Gasteiger partial charge on any atom is -0.507 e. The van der Waals surface area contributed by atoms with Crippen LogP contribution in [0, 0.1) is 0 Å². The van der Waals surface area contributed by atoms with Crippen molar-refractivity contribution in [2.75, 3.05) is 13.6 Å². The Kier molecular flexibility index (Phi) is 4.75. The van der Waals surface area contributed by atoms with Crippen LogP contribution in [-0.4, -0.2) is 40.7 Å². The van der Waals surface area contributed by atoms with E-state index in [4.69, 9.17) is 0 Å². The average Bonchev–Trinajstić information content (AvgIpc) is 2.78. The van der Waals surface area contributed by atoms with Crippen molar-refractivity contribution in [3.05, 3.63) is 28.8 Å². The van der Waals surface area contributed by atoms with E-state index in [1.807, 2.05) is 24.1 Å². The third kappa shape index (κ3) is 3.44. The zero-order valence-corrected chi connectivity index (χ0v) is 16.0. The van der Waals surface area contributed by atoms with Crippen LogP contribution in [0.1, 0.15) is 70.6 Å². The van der Waals surface area contributed by atoms with Crippen LogP contribution in [0.2, 0.25) is 0 Å². The molecule has 1 aliphatic rings. The lowest BCUT2D eigenvalue weighted by atomic mass is 9.76. The fourth-order valence-electron chi connectivity index (χ4n) is 3.67. The zero-order valence-electron chi connectivity index (χ0n) is 16.0.